The number of amides is 1. The van der Waals surface area contributed by atoms with E-state index < -0.39 is 17.7 Å². The van der Waals surface area contributed by atoms with E-state index in [1.165, 1.54) is 6.07 Å². The van der Waals surface area contributed by atoms with Crippen molar-refractivity contribution >= 4 is 11.8 Å². The standard InChI is InChI=1S/C15H14N2O5/c18-15(21-10-12-6-2-1-3-7-12)16-13-8-4-5-9-14(13)22-11-17(19)20/h1-9H,10-11H2,(H,16,18). The van der Waals surface area contributed by atoms with Gasteiger partial charge in [0.2, 0.25) is 0 Å². The van der Waals surface area contributed by atoms with Gasteiger partial charge in [0.15, 0.2) is 5.75 Å². The maximum Gasteiger partial charge on any atom is 0.412 e. The van der Waals surface area contributed by atoms with E-state index in [0.717, 1.165) is 5.56 Å². The summed E-state index contributed by atoms with van der Waals surface area (Å²) in [6.07, 6.45) is -0.666. The molecule has 0 heterocycles. The van der Waals surface area contributed by atoms with Crippen LogP contribution >= 0.6 is 0 Å². The van der Waals surface area contributed by atoms with E-state index in [2.05, 4.69) is 5.32 Å². The molecule has 22 heavy (non-hydrogen) atoms. The van der Waals surface area contributed by atoms with Gasteiger partial charge in [-0.25, -0.2) is 4.79 Å². The summed E-state index contributed by atoms with van der Waals surface area (Å²) >= 11 is 0. The Morgan fingerprint density at radius 3 is 2.50 bits per heavy atom. The first-order valence-electron chi connectivity index (χ1n) is 6.46. The van der Waals surface area contributed by atoms with Gasteiger partial charge in [0.1, 0.15) is 6.61 Å². The smallest absolute Gasteiger partial charge is 0.412 e. The first kappa shape index (κ1) is 15.3. The van der Waals surface area contributed by atoms with E-state index in [0.29, 0.717) is 5.69 Å². The number of hydrogen-bond acceptors (Lipinski definition) is 5. The molecule has 114 valence electrons. The maximum atomic E-state index is 11.8. The molecule has 0 aliphatic heterocycles. The van der Waals surface area contributed by atoms with Crippen molar-refractivity contribution < 1.29 is 19.2 Å². The monoisotopic (exact) mass is 302 g/mol. The normalized spacial score (nSPS) is 9.82. The van der Waals surface area contributed by atoms with Gasteiger partial charge in [-0.1, -0.05) is 42.5 Å². The largest absolute Gasteiger partial charge is 0.444 e. The molecule has 1 amide bonds. The van der Waals surface area contributed by atoms with E-state index >= 15 is 0 Å². The lowest BCUT2D eigenvalue weighted by atomic mass is 10.2. The third-order valence-corrected chi connectivity index (χ3v) is 2.66. The fraction of sp³-hybridized carbons (Fsp3) is 0.133. The van der Waals surface area contributed by atoms with E-state index in [4.69, 9.17) is 9.47 Å². The molecule has 7 nitrogen and oxygen atoms in total. The van der Waals surface area contributed by atoms with Crippen LogP contribution in [0.3, 0.4) is 0 Å². The van der Waals surface area contributed by atoms with Crippen molar-refractivity contribution in [1.82, 2.24) is 0 Å². The SMILES string of the molecule is O=C(Nc1ccccc1OC[N+](=O)[O-])OCc1ccccc1. The Balaban J connectivity index is 1.92. The number of nitrogens with one attached hydrogen (secondary N) is 1. The molecule has 0 fully saturated rings. The van der Waals surface area contributed by atoms with Gasteiger partial charge in [-0.05, 0) is 17.7 Å². The first-order chi connectivity index (χ1) is 10.6. The number of benzene rings is 2. The molecule has 2 aromatic rings. The molecule has 0 unspecified atom stereocenters. The predicted molar refractivity (Wildman–Crippen MR) is 79.2 cm³/mol. The summed E-state index contributed by atoms with van der Waals surface area (Å²) in [5.74, 6) is 0.205. The van der Waals surface area contributed by atoms with Gasteiger partial charge in [0.05, 0.1) is 10.6 Å². The number of carbonyl (C=O) groups is 1. The van der Waals surface area contributed by atoms with Crippen LogP contribution in [-0.4, -0.2) is 17.7 Å². The number of nitrogens with zero attached hydrogens (tertiary/aromatic N) is 1. The third-order valence-electron chi connectivity index (χ3n) is 2.66. The van der Waals surface area contributed by atoms with E-state index in [9.17, 15) is 14.9 Å². The number of para-hydroxylation sites is 2. The number of carbonyl (C=O) groups excluding carboxylic acids is 1. The average molecular weight is 302 g/mol. The van der Waals surface area contributed by atoms with Gasteiger partial charge < -0.3 is 9.47 Å². The van der Waals surface area contributed by atoms with Gasteiger partial charge in [-0.3, -0.25) is 15.4 Å². The molecule has 0 aliphatic carbocycles. The second kappa shape index (κ2) is 7.63. The van der Waals surface area contributed by atoms with Crippen LogP contribution in [0.1, 0.15) is 5.56 Å². The molecular formula is C15H14N2O5. The molecule has 2 rings (SSSR count). The van der Waals surface area contributed by atoms with Gasteiger partial charge >= 0.3 is 12.8 Å². The molecule has 0 atom stereocenters. The van der Waals surface area contributed by atoms with Crippen molar-refractivity contribution in [2.45, 2.75) is 6.61 Å². The highest BCUT2D eigenvalue weighted by Gasteiger charge is 2.10. The van der Waals surface area contributed by atoms with Gasteiger partial charge in [-0.15, -0.1) is 0 Å². The summed E-state index contributed by atoms with van der Waals surface area (Å²) in [4.78, 5) is 21.5. The molecule has 0 radical (unpaired) electrons. The molecule has 2 aromatic carbocycles. The highest BCUT2D eigenvalue weighted by Crippen LogP contribution is 2.23. The summed E-state index contributed by atoms with van der Waals surface area (Å²) in [6.45, 7) is -0.553. The summed E-state index contributed by atoms with van der Waals surface area (Å²) in [7, 11) is 0. The van der Waals surface area contributed by atoms with Crippen molar-refractivity contribution in [1.29, 1.82) is 0 Å². The number of anilines is 1. The predicted octanol–water partition coefficient (Wildman–Crippen LogP) is 3.05. The van der Waals surface area contributed by atoms with Crippen LogP contribution in [-0.2, 0) is 11.3 Å². The minimum absolute atomic E-state index is 0.130. The second-order valence-corrected chi connectivity index (χ2v) is 4.29. The molecule has 0 aliphatic rings. The zero-order chi connectivity index (χ0) is 15.8. The fourth-order valence-electron chi connectivity index (χ4n) is 1.69. The summed E-state index contributed by atoms with van der Waals surface area (Å²) in [6, 6.07) is 15.6. The lowest BCUT2D eigenvalue weighted by Gasteiger charge is -2.10. The van der Waals surface area contributed by atoms with Crippen molar-refractivity contribution in [2.75, 3.05) is 12.0 Å². The molecule has 0 saturated heterocycles. The van der Waals surface area contributed by atoms with Crippen LogP contribution < -0.4 is 10.1 Å². The molecule has 0 saturated carbocycles. The number of rotatable bonds is 6. The minimum Gasteiger partial charge on any atom is -0.444 e. The van der Waals surface area contributed by atoms with Crippen molar-refractivity contribution in [3.05, 3.63) is 70.3 Å². The van der Waals surface area contributed by atoms with Gasteiger partial charge in [-0.2, -0.15) is 0 Å². The Hall–Kier alpha value is -3.09. The Morgan fingerprint density at radius 2 is 1.77 bits per heavy atom. The maximum absolute atomic E-state index is 11.8. The quantitative estimate of drug-likeness (QED) is 0.503. The molecule has 7 heteroatoms. The summed E-state index contributed by atoms with van der Waals surface area (Å²) in [5, 5.41) is 12.8. The van der Waals surface area contributed by atoms with E-state index in [1.807, 2.05) is 30.3 Å². The molecule has 1 N–H and O–H groups in total. The first-order valence-corrected chi connectivity index (χ1v) is 6.46. The van der Waals surface area contributed by atoms with Crippen molar-refractivity contribution in [3.8, 4) is 5.75 Å². The zero-order valence-electron chi connectivity index (χ0n) is 11.6. The topological polar surface area (TPSA) is 90.7 Å². The Bertz CT molecular complexity index is 645. The van der Waals surface area contributed by atoms with Crippen LogP contribution in [0.15, 0.2) is 54.6 Å². The summed E-state index contributed by atoms with van der Waals surface area (Å²) in [5.41, 5.74) is 1.16. The van der Waals surface area contributed by atoms with Gasteiger partial charge in [0, 0.05) is 0 Å². The van der Waals surface area contributed by atoms with Gasteiger partial charge in [0.25, 0.3) is 0 Å². The van der Waals surface area contributed by atoms with Crippen LogP contribution in [0.5, 0.6) is 5.75 Å². The minimum atomic E-state index is -0.683. The lowest BCUT2D eigenvalue weighted by molar-refractivity contribution is -0.514. The molecule has 0 spiro atoms. The molecular weight excluding hydrogens is 288 g/mol. The van der Waals surface area contributed by atoms with Crippen LogP contribution in [0.4, 0.5) is 10.5 Å². The van der Waals surface area contributed by atoms with Crippen molar-refractivity contribution in [3.63, 3.8) is 0 Å². The molecule has 0 bridgehead atoms. The third kappa shape index (κ3) is 4.78. The highest BCUT2D eigenvalue weighted by molar-refractivity contribution is 5.86. The van der Waals surface area contributed by atoms with Crippen LogP contribution in [0, 0.1) is 10.1 Å². The second-order valence-electron chi connectivity index (χ2n) is 4.29. The Labute approximate surface area is 126 Å². The number of ether oxygens (including phenoxy) is 2. The Morgan fingerprint density at radius 1 is 1.09 bits per heavy atom. The van der Waals surface area contributed by atoms with Crippen LogP contribution in [0.2, 0.25) is 0 Å². The summed E-state index contributed by atoms with van der Waals surface area (Å²) < 4.78 is 10.1. The lowest BCUT2D eigenvalue weighted by Crippen LogP contribution is -2.15. The fourth-order valence-corrected chi connectivity index (χ4v) is 1.69. The van der Waals surface area contributed by atoms with E-state index in [-0.39, 0.29) is 12.4 Å². The highest BCUT2D eigenvalue weighted by atomic mass is 16.7. The number of nitro groups is 1. The van der Waals surface area contributed by atoms with Crippen LogP contribution in [0.25, 0.3) is 0 Å². The van der Waals surface area contributed by atoms with Crippen molar-refractivity contribution in [2.24, 2.45) is 0 Å². The molecule has 0 aromatic heterocycles. The number of hydrogen-bond donors (Lipinski definition) is 1. The zero-order valence-corrected chi connectivity index (χ0v) is 11.6. The Kier molecular flexibility index (Phi) is 5.31. The average Bonchev–Trinajstić information content (AvgIpc) is 2.53. The van der Waals surface area contributed by atoms with E-state index in [1.54, 1.807) is 18.2 Å².